The van der Waals surface area contributed by atoms with E-state index in [1.54, 1.807) is 0 Å². The molecule has 0 saturated carbocycles. The average molecular weight is 191 g/mol. The molecule has 0 fully saturated rings. The van der Waals surface area contributed by atoms with Crippen LogP contribution in [-0.2, 0) is 14.4 Å². The van der Waals surface area contributed by atoms with E-state index in [0.717, 1.165) is 0 Å². The maximum atomic E-state index is 10.6. The van der Waals surface area contributed by atoms with Gasteiger partial charge in [0.25, 0.3) is 0 Å². The molecule has 0 aromatic heterocycles. The van der Waals surface area contributed by atoms with E-state index in [2.05, 4.69) is 15.5 Å². The molecule has 7 heteroatoms. The van der Waals surface area contributed by atoms with Gasteiger partial charge in [-0.1, -0.05) is 0 Å². The van der Waals surface area contributed by atoms with E-state index < -0.39 is 29.7 Å². The smallest absolute Gasteiger partial charge is 0.377 e. The van der Waals surface area contributed by atoms with Crippen molar-refractivity contribution < 1.29 is 29.7 Å². The molecule has 7 nitrogen and oxygen atoms in total. The fraction of sp³-hybridized carbons (Fsp3) is 0.500. The summed E-state index contributed by atoms with van der Waals surface area (Å²) >= 11 is 0. The summed E-state index contributed by atoms with van der Waals surface area (Å²) in [5.74, 6) is 1.95. The molecule has 1 heterocycles. The molecular weight excluding hydrogens is 182 g/mol. The molecule has 13 heavy (non-hydrogen) atoms. The van der Waals surface area contributed by atoms with Crippen molar-refractivity contribution in [2.24, 2.45) is 5.90 Å². The fourth-order valence-corrected chi connectivity index (χ4v) is 0.913. The van der Waals surface area contributed by atoms with Gasteiger partial charge in [-0.05, 0) is 0 Å². The minimum absolute atomic E-state index is 0.324. The second-order valence-corrected chi connectivity index (χ2v) is 2.46. The third-order valence-electron chi connectivity index (χ3n) is 1.56. The van der Waals surface area contributed by atoms with Crippen molar-refractivity contribution in [3.8, 4) is 0 Å². The van der Waals surface area contributed by atoms with E-state index in [1.807, 2.05) is 0 Å². The number of aliphatic hydroxyl groups excluding tert-OH is 3. The molecule has 0 bridgehead atoms. The summed E-state index contributed by atoms with van der Waals surface area (Å²) in [5, 5.41) is 27.0. The van der Waals surface area contributed by atoms with E-state index in [4.69, 9.17) is 15.3 Å². The first-order valence-electron chi connectivity index (χ1n) is 3.40. The number of hydrogen-bond donors (Lipinski definition) is 4. The Morgan fingerprint density at radius 2 is 2.23 bits per heavy atom. The minimum atomic E-state index is -1.31. The average Bonchev–Trinajstić information content (AvgIpc) is 2.33. The Balaban J connectivity index is 2.70. The van der Waals surface area contributed by atoms with Gasteiger partial charge < -0.3 is 24.9 Å². The fourth-order valence-electron chi connectivity index (χ4n) is 0.913. The number of carbonyl (C=O) groups is 1. The van der Waals surface area contributed by atoms with Crippen LogP contribution in [0.4, 0.5) is 0 Å². The van der Waals surface area contributed by atoms with Crippen LogP contribution in [0.2, 0.25) is 0 Å². The molecule has 1 rings (SSSR count). The molecule has 74 valence electrons. The summed E-state index contributed by atoms with van der Waals surface area (Å²) in [6.07, 6.45) is -2.62. The summed E-state index contributed by atoms with van der Waals surface area (Å²) in [6.45, 7) is -0.324. The first-order chi connectivity index (χ1) is 6.07. The summed E-state index contributed by atoms with van der Waals surface area (Å²) < 4.78 is 4.40. The van der Waals surface area contributed by atoms with Crippen LogP contribution in [0, 0.1) is 0 Å². The third kappa shape index (κ3) is 1.72. The number of cyclic esters (lactones) is 1. The SMILES string of the molecule is NOCC(O)C1OC(=O)C(O)=C1O. The Morgan fingerprint density at radius 1 is 1.62 bits per heavy atom. The first kappa shape index (κ1) is 9.78. The van der Waals surface area contributed by atoms with E-state index in [0.29, 0.717) is 0 Å². The van der Waals surface area contributed by atoms with E-state index in [9.17, 15) is 4.79 Å². The van der Waals surface area contributed by atoms with Crippen molar-refractivity contribution in [1.29, 1.82) is 0 Å². The molecule has 5 N–H and O–H groups in total. The van der Waals surface area contributed by atoms with Gasteiger partial charge >= 0.3 is 5.97 Å². The lowest BCUT2D eigenvalue weighted by molar-refractivity contribution is -0.148. The number of hydrogen-bond acceptors (Lipinski definition) is 7. The number of ether oxygens (including phenoxy) is 1. The Labute approximate surface area is 72.9 Å². The van der Waals surface area contributed by atoms with Gasteiger partial charge in [0.15, 0.2) is 11.9 Å². The van der Waals surface area contributed by atoms with Crippen molar-refractivity contribution in [2.45, 2.75) is 12.2 Å². The monoisotopic (exact) mass is 191 g/mol. The molecule has 0 aromatic rings. The Kier molecular flexibility index (Phi) is 2.71. The Hall–Kier alpha value is -1.31. The second-order valence-electron chi connectivity index (χ2n) is 2.46. The second kappa shape index (κ2) is 3.60. The molecule has 0 aromatic carbocycles. The first-order valence-corrected chi connectivity index (χ1v) is 3.40. The Bertz CT molecular complexity index is 250. The molecule has 0 saturated heterocycles. The van der Waals surface area contributed by atoms with Crippen LogP contribution in [0.5, 0.6) is 0 Å². The minimum Gasteiger partial charge on any atom is -0.505 e. The summed E-state index contributed by atoms with van der Waals surface area (Å²) in [4.78, 5) is 14.7. The molecule has 2 unspecified atom stereocenters. The zero-order valence-corrected chi connectivity index (χ0v) is 6.51. The normalized spacial score (nSPS) is 24.8. The number of carbonyl (C=O) groups excluding carboxylic acids is 1. The quantitative estimate of drug-likeness (QED) is 0.316. The van der Waals surface area contributed by atoms with E-state index in [-0.39, 0.29) is 6.61 Å². The standard InChI is InChI=1S/C6H9NO6/c7-12-1-2(8)5-3(9)4(10)6(11)13-5/h2,5,8-10H,1,7H2. The predicted molar refractivity (Wildman–Crippen MR) is 38.3 cm³/mol. The highest BCUT2D eigenvalue weighted by Gasteiger charge is 2.39. The van der Waals surface area contributed by atoms with Gasteiger partial charge in [-0.15, -0.1) is 0 Å². The molecule has 2 atom stereocenters. The molecule has 1 aliphatic rings. The van der Waals surface area contributed by atoms with Crippen LogP contribution in [-0.4, -0.2) is 40.1 Å². The maximum Gasteiger partial charge on any atom is 0.377 e. The third-order valence-corrected chi connectivity index (χ3v) is 1.56. The topological polar surface area (TPSA) is 122 Å². The number of esters is 1. The van der Waals surface area contributed by atoms with Gasteiger partial charge in [-0.2, -0.15) is 0 Å². The van der Waals surface area contributed by atoms with Crippen LogP contribution >= 0.6 is 0 Å². The van der Waals surface area contributed by atoms with Crippen LogP contribution in [0.1, 0.15) is 0 Å². The summed E-state index contributed by atoms with van der Waals surface area (Å²) in [6, 6.07) is 0. The van der Waals surface area contributed by atoms with Gasteiger partial charge in [0, 0.05) is 0 Å². The number of rotatable bonds is 3. The van der Waals surface area contributed by atoms with Crippen molar-refractivity contribution in [1.82, 2.24) is 0 Å². The van der Waals surface area contributed by atoms with Crippen molar-refractivity contribution in [3.63, 3.8) is 0 Å². The molecular formula is C6H9NO6. The predicted octanol–water partition coefficient (Wildman–Crippen LogP) is -1.51. The maximum absolute atomic E-state index is 10.6. The lowest BCUT2D eigenvalue weighted by Gasteiger charge is -2.15. The van der Waals surface area contributed by atoms with Gasteiger partial charge in [-0.25, -0.2) is 10.7 Å². The summed E-state index contributed by atoms with van der Waals surface area (Å²) in [5.41, 5.74) is 0. The zero-order valence-electron chi connectivity index (χ0n) is 6.51. The van der Waals surface area contributed by atoms with E-state index >= 15 is 0 Å². The van der Waals surface area contributed by atoms with Gasteiger partial charge in [0.1, 0.15) is 6.10 Å². The van der Waals surface area contributed by atoms with Gasteiger partial charge in [-0.3, -0.25) is 0 Å². The molecule has 0 aliphatic carbocycles. The molecule has 0 amide bonds. The van der Waals surface area contributed by atoms with Crippen molar-refractivity contribution in [3.05, 3.63) is 11.5 Å². The van der Waals surface area contributed by atoms with Crippen LogP contribution in [0.3, 0.4) is 0 Å². The largest absolute Gasteiger partial charge is 0.505 e. The van der Waals surface area contributed by atoms with Crippen molar-refractivity contribution >= 4 is 5.97 Å². The Morgan fingerprint density at radius 3 is 2.62 bits per heavy atom. The highest BCUT2D eigenvalue weighted by Crippen LogP contribution is 2.21. The van der Waals surface area contributed by atoms with Gasteiger partial charge in [0.2, 0.25) is 5.76 Å². The number of nitrogens with two attached hydrogens (primary N) is 1. The zero-order chi connectivity index (χ0) is 10.0. The van der Waals surface area contributed by atoms with E-state index in [1.165, 1.54) is 0 Å². The van der Waals surface area contributed by atoms with Crippen LogP contribution < -0.4 is 5.90 Å². The lowest BCUT2D eigenvalue weighted by atomic mass is 10.2. The highest BCUT2D eigenvalue weighted by atomic mass is 16.6. The van der Waals surface area contributed by atoms with Crippen LogP contribution in [0.15, 0.2) is 11.5 Å². The summed E-state index contributed by atoms with van der Waals surface area (Å²) in [7, 11) is 0. The number of aliphatic hydroxyl groups is 3. The van der Waals surface area contributed by atoms with Crippen molar-refractivity contribution in [2.75, 3.05) is 6.61 Å². The molecule has 1 aliphatic heterocycles. The van der Waals surface area contributed by atoms with Crippen LogP contribution in [0.25, 0.3) is 0 Å². The lowest BCUT2D eigenvalue weighted by Crippen LogP contribution is -2.33. The molecule has 0 spiro atoms. The highest BCUT2D eigenvalue weighted by molar-refractivity contribution is 5.89. The molecule has 0 radical (unpaired) electrons. The van der Waals surface area contributed by atoms with Gasteiger partial charge in [0.05, 0.1) is 6.61 Å².